The zero-order chi connectivity index (χ0) is 15.5. The number of hydrogen-bond acceptors (Lipinski definition) is 3. The van der Waals surface area contributed by atoms with E-state index >= 15 is 0 Å². The van der Waals surface area contributed by atoms with Crippen LogP contribution in [0.2, 0.25) is 5.02 Å². The van der Waals surface area contributed by atoms with Crippen molar-refractivity contribution in [2.75, 3.05) is 5.32 Å². The number of para-hydroxylation sites is 1. The molecule has 0 saturated carbocycles. The second-order valence-corrected chi connectivity index (χ2v) is 5.35. The zero-order valence-corrected chi connectivity index (χ0v) is 12.8. The average Bonchev–Trinajstić information content (AvgIpc) is 2.91. The lowest BCUT2D eigenvalue weighted by Gasteiger charge is -2.05. The van der Waals surface area contributed by atoms with E-state index in [1.807, 2.05) is 37.3 Å². The SMILES string of the molecule is CCCC(=O)Nc1cc2nn(-c3ccccc3)nc2cc1Cl. The number of rotatable bonds is 4. The number of amides is 1. The van der Waals surface area contributed by atoms with Gasteiger partial charge in [0.15, 0.2) is 0 Å². The Morgan fingerprint density at radius 2 is 1.86 bits per heavy atom. The van der Waals surface area contributed by atoms with Crippen LogP contribution < -0.4 is 5.32 Å². The third-order valence-electron chi connectivity index (χ3n) is 3.21. The second-order valence-electron chi connectivity index (χ2n) is 4.94. The monoisotopic (exact) mass is 314 g/mol. The number of nitrogens with zero attached hydrogens (tertiary/aromatic N) is 3. The predicted octanol–water partition coefficient (Wildman–Crippen LogP) is 3.81. The summed E-state index contributed by atoms with van der Waals surface area (Å²) in [5, 5.41) is 12.1. The number of nitrogens with one attached hydrogen (secondary N) is 1. The molecule has 0 aliphatic heterocycles. The van der Waals surface area contributed by atoms with Crippen LogP contribution in [0.25, 0.3) is 16.7 Å². The molecule has 22 heavy (non-hydrogen) atoms. The highest BCUT2D eigenvalue weighted by atomic mass is 35.5. The summed E-state index contributed by atoms with van der Waals surface area (Å²) in [6.07, 6.45) is 1.25. The molecule has 112 valence electrons. The molecule has 0 unspecified atom stereocenters. The summed E-state index contributed by atoms with van der Waals surface area (Å²) in [6.45, 7) is 1.95. The predicted molar refractivity (Wildman–Crippen MR) is 87.4 cm³/mol. The maximum absolute atomic E-state index is 11.7. The molecule has 0 aliphatic rings. The molecule has 1 heterocycles. The van der Waals surface area contributed by atoms with Crippen LogP contribution in [0, 0.1) is 0 Å². The molecule has 0 bridgehead atoms. The molecule has 6 heteroatoms. The molecule has 5 nitrogen and oxygen atoms in total. The lowest BCUT2D eigenvalue weighted by atomic mass is 10.2. The summed E-state index contributed by atoms with van der Waals surface area (Å²) in [7, 11) is 0. The Morgan fingerprint density at radius 3 is 2.55 bits per heavy atom. The molecule has 1 amide bonds. The van der Waals surface area contributed by atoms with E-state index in [4.69, 9.17) is 11.6 Å². The Kier molecular flexibility index (Phi) is 4.06. The van der Waals surface area contributed by atoms with Crippen LogP contribution >= 0.6 is 11.6 Å². The first-order valence-electron chi connectivity index (χ1n) is 7.09. The van der Waals surface area contributed by atoms with Gasteiger partial charge in [-0.1, -0.05) is 36.7 Å². The van der Waals surface area contributed by atoms with Crippen molar-refractivity contribution in [1.82, 2.24) is 15.0 Å². The van der Waals surface area contributed by atoms with Crippen molar-refractivity contribution < 1.29 is 4.79 Å². The molecule has 2 aromatic carbocycles. The van der Waals surface area contributed by atoms with Crippen LogP contribution in [-0.4, -0.2) is 20.9 Å². The van der Waals surface area contributed by atoms with Crippen molar-refractivity contribution in [3.05, 3.63) is 47.5 Å². The summed E-state index contributed by atoms with van der Waals surface area (Å²) < 4.78 is 0. The van der Waals surface area contributed by atoms with E-state index in [0.717, 1.165) is 12.1 Å². The summed E-state index contributed by atoms with van der Waals surface area (Å²) in [4.78, 5) is 13.3. The molecule has 0 saturated heterocycles. The smallest absolute Gasteiger partial charge is 0.224 e. The van der Waals surface area contributed by atoms with E-state index in [-0.39, 0.29) is 5.91 Å². The van der Waals surface area contributed by atoms with Crippen LogP contribution in [0.1, 0.15) is 19.8 Å². The third kappa shape index (κ3) is 2.94. The van der Waals surface area contributed by atoms with E-state index in [0.29, 0.717) is 28.2 Å². The fourth-order valence-electron chi connectivity index (χ4n) is 2.15. The molecular weight excluding hydrogens is 300 g/mol. The molecule has 0 atom stereocenters. The van der Waals surface area contributed by atoms with Crippen LogP contribution in [0.5, 0.6) is 0 Å². The minimum Gasteiger partial charge on any atom is -0.325 e. The van der Waals surface area contributed by atoms with Gasteiger partial charge >= 0.3 is 0 Å². The minimum absolute atomic E-state index is 0.0563. The highest BCUT2D eigenvalue weighted by molar-refractivity contribution is 6.34. The molecule has 3 rings (SSSR count). The first-order valence-corrected chi connectivity index (χ1v) is 7.47. The molecule has 1 N–H and O–H groups in total. The number of carbonyl (C=O) groups is 1. The van der Waals surface area contributed by atoms with E-state index in [9.17, 15) is 4.79 Å². The van der Waals surface area contributed by atoms with Gasteiger partial charge in [-0.2, -0.15) is 4.80 Å². The Balaban J connectivity index is 1.97. The van der Waals surface area contributed by atoms with Crippen molar-refractivity contribution in [1.29, 1.82) is 0 Å². The van der Waals surface area contributed by atoms with Crippen LogP contribution in [0.3, 0.4) is 0 Å². The second kappa shape index (κ2) is 6.15. The molecule has 0 radical (unpaired) electrons. The first kappa shape index (κ1) is 14.5. The van der Waals surface area contributed by atoms with E-state index in [2.05, 4.69) is 15.5 Å². The molecule has 0 aliphatic carbocycles. The number of aromatic nitrogens is 3. The topological polar surface area (TPSA) is 59.8 Å². The Labute approximate surface area is 132 Å². The van der Waals surface area contributed by atoms with Crippen LogP contribution in [0.15, 0.2) is 42.5 Å². The zero-order valence-electron chi connectivity index (χ0n) is 12.1. The Morgan fingerprint density at radius 1 is 1.18 bits per heavy atom. The highest BCUT2D eigenvalue weighted by Gasteiger charge is 2.11. The van der Waals surface area contributed by atoms with Gasteiger partial charge in [0.25, 0.3) is 0 Å². The standard InChI is InChI=1S/C16H15ClN4O/c1-2-6-16(22)18-13-10-15-14(9-12(13)17)19-21(20-15)11-7-4-3-5-8-11/h3-5,7-10H,2,6H2,1H3,(H,18,22). The van der Waals surface area contributed by atoms with Crippen molar-refractivity contribution in [2.24, 2.45) is 0 Å². The van der Waals surface area contributed by atoms with E-state index in [1.165, 1.54) is 0 Å². The fraction of sp³-hybridized carbons (Fsp3) is 0.188. The fourth-order valence-corrected chi connectivity index (χ4v) is 2.36. The van der Waals surface area contributed by atoms with Crippen molar-refractivity contribution in [3.63, 3.8) is 0 Å². The Bertz CT molecular complexity index is 814. The average molecular weight is 315 g/mol. The van der Waals surface area contributed by atoms with Crippen LogP contribution in [0.4, 0.5) is 5.69 Å². The summed E-state index contributed by atoms with van der Waals surface area (Å²) in [5.41, 5.74) is 2.79. The molecule has 0 spiro atoms. The first-order chi connectivity index (χ1) is 10.7. The molecule has 3 aromatic rings. The molecule has 0 fully saturated rings. The number of fused-ring (bicyclic) bond motifs is 1. The maximum Gasteiger partial charge on any atom is 0.224 e. The van der Waals surface area contributed by atoms with Crippen molar-refractivity contribution in [3.8, 4) is 5.69 Å². The normalized spacial score (nSPS) is 10.8. The van der Waals surface area contributed by atoms with E-state index < -0.39 is 0 Å². The van der Waals surface area contributed by atoms with Gasteiger partial charge in [0.1, 0.15) is 11.0 Å². The van der Waals surface area contributed by atoms with Gasteiger partial charge in [0.2, 0.25) is 5.91 Å². The number of benzene rings is 2. The Hall–Kier alpha value is -2.40. The highest BCUT2D eigenvalue weighted by Crippen LogP contribution is 2.27. The molecule has 1 aromatic heterocycles. The lowest BCUT2D eigenvalue weighted by Crippen LogP contribution is -2.10. The summed E-state index contributed by atoms with van der Waals surface area (Å²) in [6, 6.07) is 13.1. The van der Waals surface area contributed by atoms with Gasteiger partial charge in [0.05, 0.1) is 16.4 Å². The quantitative estimate of drug-likeness (QED) is 0.796. The molecular formula is C16H15ClN4O. The lowest BCUT2D eigenvalue weighted by molar-refractivity contribution is -0.116. The number of halogens is 1. The third-order valence-corrected chi connectivity index (χ3v) is 3.52. The van der Waals surface area contributed by atoms with Gasteiger partial charge in [-0.15, -0.1) is 10.2 Å². The van der Waals surface area contributed by atoms with Crippen molar-refractivity contribution >= 4 is 34.2 Å². The summed E-state index contributed by atoms with van der Waals surface area (Å²) >= 11 is 6.21. The largest absolute Gasteiger partial charge is 0.325 e. The van der Waals surface area contributed by atoms with Gasteiger partial charge in [-0.05, 0) is 30.7 Å². The van der Waals surface area contributed by atoms with Gasteiger partial charge in [0, 0.05) is 6.42 Å². The number of hydrogen-bond donors (Lipinski definition) is 1. The number of anilines is 1. The van der Waals surface area contributed by atoms with Gasteiger partial charge < -0.3 is 5.32 Å². The number of carbonyl (C=O) groups excluding carboxylic acids is 1. The summed E-state index contributed by atoms with van der Waals surface area (Å²) in [5.74, 6) is -0.0563. The van der Waals surface area contributed by atoms with E-state index in [1.54, 1.807) is 16.9 Å². The van der Waals surface area contributed by atoms with Gasteiger partial charge in [-0.25, -0.2) is 0 Å². The van der Waals surface area contributed by atoms with Crippen molar-refractivity contribution in [2.45, 2.75) is 19.8 Å². The van der Waals surface area contributed by atoms with Crippen LogP contribution in [-0.2, 0) is 4.79 Å². The van der Waals surface area contributed by atoms with Gasteiger partial charge in [-0.3, -0.25) is 4.79 Å². The maximum atomic E-state index is 11.7. The minimum atomic E-state index is -0.0563.